The van der Waals surface area contributed by atoms with E-state index in [1.165, 1.54) is 12.1 Å². The SMILES string of the molecule is Cc1nc2c(ccn2Cc2cccc(F)c2F)c(-c2ccc3c(c2)CCCO3)c1C(OC(C)(C)C)C(=O)O. The standard InChI is InChI=1S/C30H30F2N2O4/c1-17-24(27(29(35)36)38-30(2,3)4)25(19-10-11-23-18(15-19)8-6-14-37-23)21-12-13-34(28(21)33-17)16-20-7-5-9-22(31)26(20)32/h5,7,9-13,15,27H,6,8,14,16H2,1-4H3,(H,35,36). The highest BCUT2D eigenvalue weighted by atomic mass is 19.2. The topological polar surface area (TPSA) is 73.6 Å². The number of carbonyl (C=O) groups is 1. The van der Waals surface area contributed by atoms with Gasteiger partial charge in [0.25, 0.3) is 0 Å². The van der Waals surface area contributed by atoms with E-state index in [-0.39, 0.29) is 12.1 Å². The number of rotatable bonds is 6. The molecule has 0 radical (unpaired) electrons. The maximum Gasteiger partial charge on any atom is 0.337 e. The van der Waals surface area contributed by atoms with Crippen molar-refractivity contribution in [1.82, 2.24) is 9.55 Å². The van der Waals surface area contributed by atoms with Crippen molar-refractivity contribution in [2.45, 2.75) is 58.8 Å². The second kappa shape index (κ2) is 9.83. The minimum Gasteiger partial charge on any atom is -0.493 e. The van der Waals surface area contributed by atoms with Gasteiger partial charge >= 0.3 is 5.97 Å². The predicted molar refractivity (Wildman–Crippen MR) is 140 cm³/mol. The van der Waals surface area contributed by atoms with Crippen molar-refractivity contribution in [3.05, 3.63) is 82.7 Å². The molecule has 0 bridgehead atoms. The summed E-state index contributed by atoms with van der Waals surface area (Å²) in [6.45, 7) is 7.91. The number of ether oxygens (including phenoxy) is 2. The molecule has 4 aromatic rings. The van der Waals surface area contributed by atoms with Crippen molar-refractivity contribution < 1.29 is 28.2 Å². The number of hydrogen-bond acceptors (Lipinski definition) is 4. The molecular formula is C30H30F2N2O4. The van der Waals surface area contributed by atoms with Crippen LogP contribution in [0.15, 0.2) is 48.7 Å². The van der Waals surface area contributed by atoms with Crippen molar-refractivity contribution in [2.75, 3.05) is 6.61 Å². The number of pyridine rings is 1. The molecular weight excluding hydrogens is 490 g/mol. The van der Waals surface area contributed by atoms with E-state index in [9.17, 15) is 18.7 Å². The van der Waals surface area contributed by atoms with Gasteiger partial charge in [0, 0.05) is 34.0 Å². The molecule has 0 saturated carbocycles. The van der Waals surface area contributed by atoms with Crippen LogP contribution in [0.5, 0.6) is 5.75 Å². The molecule has 0 spiro atoms. The Morgan fingerprint density at radius 3 is 2.74 bits per heavy atom. The number of hydrogen-bond donors (Lipinski definition) is 1. The van der Waals surface area contributed by atoms with Gasteiger partial charge in [0.2, 0.25) is 0 Å². The molecule has 3 heterocycles. The smallest absolute Gasteiger partial charge is 0.337 e. The number of benzene rings is 2. The summed E-state index contributed by atoms with van der Waals surface area (Å²) in [5.41, 5.74) is 3.51. The van der Waals surface area contributed by atoms with Gasteiger partial charge in [-0.05, 0) is 75.9 Å². The number of aromatic nitrogens is 2. The lowest BCUT2D eigenvalue weighted by molar-refractivity contribution is -0.160. The van der Waals surface area contributed by atoms with Gasteiger partial charge < -0.3 is 19.1 Å². The molecule has 1 unspecified atom stereocenters. The third-order valence-corrected chi connectivity index (χ3v) is 6.66. The zero-order valence-corrected chi connectivity index (χ0v) is 21.8. The average molecular weight is 521 g/mol. The summed E-state index contributed by atoms with van der Waals surface area (Å²) in [6, 6.07) is 11.8. The van der Waals surface area contributed by atoms with Gasteiger partial charge in [-0.3, -0.25) is 0 Å². The first-order chi connectivity index (χ1) is 18.0. The largest absolute Gasteiger partial charge is 0.493 e. The molecule has 0 amide bonds. The molecule has 1 aliphatic heterocycles. The van der Waals surface area contributed by atoms with Gasteiger partial charge in [0.05, 0.1) is 18.8 Å². The van der Waals surface area contributed by atoms with E-state index in [0.717, 1.165) is 35.8 Å². The molecule has 5 rings (SSSR count). The molecule has 1 N–H and O–H groups in total. The average Bonchev–Trinajstić information content (AvgIpc) is 3.25. The van der Waals surface area contributed by atoms with Gasteiger partial charge in [-0.1, -0.05) is 18.2 Å². The molecule has 0 saturated heterocycles. The van der Waals surface area contributed by atoms with E-state index >= 15 is 0 Å². The van der Waals surface area contributed by atoms with E-state index in [1.54, 1.807) is 17.7 Å². The maximum atomic E-state index is 14.5. The van der Waals surface area contributed by atoms with Gasteiger partial charge in [-0.2, -0.15) is 0 Å². The Morgan fingerprint density at radius 2 is 2.00 bits per heavy atom. The Balaban J connectivity index is 1.75. The van der Waals surface area contributed by atoms with E-state index in [1.807, 2.05) is 45.0 Å². The zero-order chi connectivity index (χ0) is 27.2. The number of fused-ring (bicyclic) bond motifs is 2. The summed E-state index contributed by atoms with van der Waals surface area (Å²) in [5, 5.41) is 10.9. The quantitative estimate of drug-likeness (QED) is 0.310. The Labute approximate surface area is 219 Å². The summed E-state index contributed by atoms with van der Waals surface area (Å²) in [4.78, 5) is 17.3. The highest BCUT2D eigenvalue weighted by molar-refractivity contribution is 5.98. The minimum atomic E-state index is -1.27. The highest BCUT2D eigenvalue weighted by Gasteiger charge is 2.33. The number of halogens is 2. The molecule has 0 aliphatic carbocycles. The van der Waals surface area contributed by atoms with Gasteiger partial charge in [0.15, 0.2) is 17.7 Å². The molecule has 6 nitrogen and oxygen atoms in total. The molecule has 8 heteroatoms. The van der Waals surface area contributed by atoms with E-state index < -0.39 is 29.3 Å². The van der Waals surface area contributed by atoms with Crippen molar-refractivity contribution in [3.8, 4) is 16.9 Å². The highest BCUT2D eigenvalue weighted by Crippen LogP contribution is 2.41. The molecule has 1 atom stereocenters. The van der Waals surface area contributed by atoms with E-state index in [2.05, 4.69) is 0 Å². The number of nitrogens with zero attached hydrogens (tertiary/aromatic N) is 2. The lowest BCUT2D eigenvalue weighted by Crippen LogP contribution is -2.28. The molecule has 2 aromatic heterocycles. The van der Waals surface area contributed by atoms with Crippen molar-refractivity contribution in [3.63, 3.8) is 0 Å². The number of carboxylic acid groups (broad SMARTS) is 1. The van der Waals surface area contributed by atoms with Crippen LogP contribution in [0.1, 0.15) is 55.7 Å². The third-order valence-electron chi connectivity index (χ3n) is 6.66. The van der Waals surface area contributed by atoms with Crippen LogP contribution in [-0.2, 0) is 22.5 Å². The van der Waals surface area contributed by atoms with Crippen molar-refractivity contribution >= 4 is 17.0 Å². The molecule has 38 heavy (non-hydrogen) atoms. The normalized spacial score (nSPS) is 14.3. The second-order valence-corrected chi connectivity index (χ2v) is 10.6. The summed E-state index contributed by atoms with van der Waals surface area (Å²) in [5.74, 6) is -2.11. The summed E-state index contributed by atoms with van der Waals surface area (Å²) in [6.07, 6.45) is 2.25. The van der Waals surface area contributed by atoms with Crippen molar-refractivity contribution in [2.24, 2.45) is 0 Å². The first kappa shape index (κ1) is 25.9. The monoisotopic (exact) mass is 520 g/mol. The van der Waals surface area contributed by atoms with Crippen LogP contribution in [-0.4, -0.2) is 32.8 Å². The Morgan fingerprint density at radius 1 is 1.21 bits per heavy atom. The molecule has 2 aromatic carbocycles. The molecule has 1 aliphatic rings. The van der Waals surface area contributed by atoms with Gasteiger partial charge in [-0.25, -0.2) is 18.6 Å². The Hall–Kier alpha value is -3.78. The van der Waals surface area contributed by atoms with Crippen LogP contribution in [0.3, 0.4) is 0 Å². The number of aryl methyl sites for hydroxylation is 2. The molecule has 0 fully saturated rings. The minimum absolute atomic E-state index is 0.0667. The van der Waals surface area contributed by atoms with E-state index in [0.29, 0.717) is 34.5 Å². The number of aliphatic carboxylic acids is 1. The lowest BCUT2D eigenvalue weighted by Gasteiger charge is -2.28. The van der Waals surface area contributed by atoms with Crippen LogP contribution < -0.4 is 4.74 Å². The summed E-state index contributed by atoms with van der Waals surface area (Å²) in [7, 11) is 0. The summed E-state index contributed by atoms with van der Waals surface area (Å²) >= 11 is 0. The van der Waals surface area contributed by atoms with Crippen LogP contribution in [0.25, 0.3) is 22.2 Å². The van der Waals surface area contributed by atoms with Crippen LogP contribution in [0.4, 0.5) is 8.78 Å². The molecule has 198 valence electrons. The number of carboxylic acids is 1. The van der Waals surface area contributed by atoms with Crippen LogP contribution >= 0.6 is 0 Å². The fourth-order valence-corrected chi connectivity index (χ4v) is 5.04. The van der Waals surface area contributed by atoms with Crippen LogP contribution in [0, 0.1) is 18.6 Å². The first-order valence-electron chi connectivity index (χ1n) is 12.6. The van der Waals surface area contributed by atoms with Gasteiger partial charge in [-0.15, -0.1) is 0 Å². The second-order valence-electron chi connectivity index (χ2n) is 10.6. The fraction of sp³-hybridized carbons (Fsp3) is 0.333. The fourth-order valence-electron chi connectivity index (χ4n) is 5.04. The lowest BCUT2D eigenvalue weighted by atomic mass is 9.90. The Kier molecular flexibility index (Phi) is 6.69. The Bertz CT molecular complexity index is 1540. The van der Waals surface area contributed by atoms with Gasteiger partial charge in [0.1, 0.15) is 11.4 Å². The van der Waals surface area contributed by atoms with Crippen LogP contribution in [0.2, 0.25) is 0 Å². The third kappa shape index (κ3) is 4.88. The van der Waals surface area contributed by atoms with E-state index in [4.69, 9.17) is 14.5 Å². The summed E-state index contributed by atoms with van der Waals surface area (Å²) < 4.78 is 42.0. The van der Waals surface area contributed by atoms with Crippen molar-refractivity contribution in [1.29, 1.82) is 0 Å². The zero-order valence-electron chi connectivity index (χ0n) is 21.8. The predicted octanol–water partition coefficient (Wildman–Crippen LogP) is 6.60. The maximum absolute atomic E-state index is 14.5. The first-order valence-corrected chi connectivity index (χ1v) is 12.6.